The number of piperazine rings is 1. The second-order valence-electron chi connectivity index (χ2n) is 7.84. The molecule has 1 aromatic rings. The van der Waals surface area contributed by atoms with Gasteiger partial charge in [-0.05, 0) is 38.8 Å². The van der Waals surface area contributed by atoms with Crippen molar-refractivity contribution in [2.45, 2.75) is 45.9 Å². The van der Waals surface area contributed by atoms with E-state index in [0.29, 0.717) is 0 Å². The van der Waals surface area contributed by atoms with Gasteiger partial charge in [0.2, 0.25) is 0 Å². The number of aryl methyl sites for hydroxylation is 1. The van der Waals surface area contributed by atoms with Gasteiger partial charge >= 0.3 is 0 Å². The number of rotatable bonds is 7. The summed E-state index contributed by atoms with van der Waals surface area (Å²) in [5, 5.41) is 10.5. The fourth-order valence-corrected chi connectivity index (χ4v) is 4.01. The summed E-state index contributed by atoms with van der Waals surface area (Å²) >= 11 is 0. The predicted molar refractivity (Wildman–Crippen MR) is 100 cm³/mol. The number of hydrogen-bond donors (Lipinski definition) is 1. The van der Waals surface area contributed by atoms with Gasteiger partial charge in [0, 0.05) is 58.2 Å². The average Bonchev–Trinajstić information content (AvgIpc) is 3.06. The molecule has 2 aliphatic heterocycles. The number of imidazole rings is 1. The van der Waals surface area contributed by atoms with E-state index in [1.807, 2.05) is 6.20 Å². The van der Waals surface area contributed by atoms with Gasteiger partial charge in [-0.2, -0.15) is 0 Å². The third kappa shape index (κ3) is 5.51. The molecule has 0 bridgehead atoms. The van der Waals surface area contributed by atoms with Gasteiger partial charge in [-0.15, -0.1) is 0 Å². The van der Waals surface area contributed by atoms with E-state index in [2.05, 4.69) is 44.3 Å². The molecule has 0 saturated carbocycles. The van der Waals surface area contributed by atoms with Crippen LogP contribution < -0.4 is 0 Å². The number of β-amino-alcohol motifs (C(OH)–C–C–N with tert-alkyl or cyclic N) is 1. The third-order valence-electron chi connectivity index (χ3n) is 5.79. The molecular weight excluding hydrogens is 314 g/mol. The Morgan fingerprint density at radius 3 is 2.28 bits per heavy atom. The van der Waals surface area contributed by atoms with Crippen molar-refractivity contribution in [3.05, 3.63) is 18.2 Å². The zero-order chi connectivity index (χ0) is 17.6. The first-order valence-corrected chi connectivity index (χ1v) is 9.99. The van der Waals surface area contributed by atoms with Gasteiger partial charge in [-0.3, -0.25) is 9.80 Å². The fraction of sp³-hybridized carbons (Fsp3) is 0.842. The molecule has 3 rings (SSSR count). The molecule has 0 aromatic carbocycles. The van der Waals surface area contributed by atoms with E-state index >= 15 is 0 Å². The summed E-state index contributed by atoms with van der Waals surface area (Å²) < 4.78 is 2.22. The maximum absolute atomic E-state index is 10.5. The molecule has 1 N–H and O–H groups in total. The second kappa shape index (κ2) is 9.12. The van der Waals surface area contributed by atoms with Crippen LogP contribution in [-0.4, -0.2) is 87.8 Å². The van der Waals surface area contributed by atoms with Crippen molar-refractivity contribution in [1.82, 2.24) is 24.3 Å². The van der Waals surface area contributed by atoms with Crippen molar-refractivity contribution in [3.8, 4) is 0 Å². The van der Waals surface area contributed by atoms with Crippen LogP contribution in [0.15, 0.2) is 12.4 Å². The molecule has 25 heavy (non-hydrogen) atoms. The van der Waals surface area contributed by atoms with Crippen LogP contribution in [0.4, 0.5) is 0 Å². The highest BCUT2D eigenvalue weighted by atomic mass is 16.3. The van der Waals surface area contributed by atoms with Crippen molar-refractivity contribution in [2.75, 3.05) is 52.4 Å². The Morgan fingerprint density at radius 2 is 1.64 bits per heavy atom. The molecule has 1 aromatic heterocycles. The monoisotopic (exact) mass is 349 g/mol. The predicted octanol–water partition coefficient (Wildman–Crippen LogP) is 1.11. The maximum atomic E-state index is 10.5. The Morgan fingerprint density at radius 1 is 1.04 bits per heavy atom. The molecule has 6 nitrogen and oxygen atoms in total. The van der Waals surface area contributed by atoms with Gasteiger partial charge < -0.3 is 14.6 Å². The van der Waals surface area contributed by atoms with Crippen molar-refractivity contribution >= 4 is 0 Å². The summed E-state index contributed by atoms with van der Waals surface area (Å²) in [7, 11) is 0. The number of hydrogen-bond acceptors (Lipinski definition) is 5. The lowest BCUT2D eigenvalue weighted by Crippen LogP contribution is -2.50. The topological polar surface area (TPSA) is 47.8 Å². The first-order valence-electron chi connectivity index (χ1n) is 9.99. The SMILES string of the molecule is CCn1ccnc1CN1CCN(C[C@H](O)CN2CCC(C)CC2)CC1. The quantitative estimate of drug-likeness (QED) is 0.799. The Balaban J connectivity index is 1.36. The number of aliphatic hydroxyl groups excluding tert-OH is 1. The number of aromatic nitrogens is 2. The van der Waals surface area contributed by atoms with E-state index in [1.54, 1.807) is 0 Å². The summed E-state index contributed by atoms with van der Waals surface area (Å²) in [6.45, 7) is 14.6. The third-order valence-corrected chi connectivity index (χ3v) is 5.79. The number of nitrogens with zero attached hydrogens (tertiary/aromatic N) is 5. The summed E-state index contributed by atoms with van der Waals surface area (Å²) in [6.07, 6.45) is 6.28. The standard InChI is InChI=1S/C19H35N5O/c1-3-24-9-6-20-19(24)16-23-12-10-22(11-13-23)15-18(25)14-21-7-4-17(2)5-8-21/h6,9,17-18,25H,3-5,7-8,10-16H2,1-2H3/t18-/m1/s1. The Labute approximate surface area is 152 Å². The summed E-state index contributed by atoms with van der Waals surface area (Å²) in [4.78, 5) is 11.8. The fourth-order valence-electron chi connectivity index (χ4n) is 4.01. The van der Waals surface area contributed by atoms with Crippen LogP contribution >= 0.6 is 0 Å². The molecule has 0 radical (unpaired) electrons. The molecule has 6 heteroatoms. The normalized spacial score (nSPS) is 23.2. The molecule has 0 unspecified atom stereocenters. The summed E-state index contributed by atoms with van der Waals surface area (Å²) in [5.41, 5.74) is 0. The van der Waals surface area contributed by atoms with Gasteiger partial charge in [-0.25, -0.2) is 4.98 Å². The molecule has 3 heterocycles. The summed E-state index contributed by atoms with van der Waals surface area (Å²) in [6, 6.07) is 0. The van der Waals surface area contributed by atoms with Crippen LogP contribution in [0.3, 0.4) is 0 Å². The van der Waals surface area contributed by atoms with Crippen molar-refractivity contribution in [3.63, 3.8) is 0 Å². The first kappa shape index (κ1) is 18.8. The van der Waals surface area contributed by atoms with Crippen molar-refractivity contribution in [1.29, 1.82) is 0 Å². The second-order valence-corrected chi connectivity index (χ2v) is 7.84. The first-order chi connectivity index (χ1) is 12.1. The van der Waals surface area contributed by atoms with Gasteiger partial charge in [0.1, 0.15) is 5.82 Å². The van der Waals surface area contributed by atoms with Crippen LogP contribution in [0.5, 0.6) is 0 Å². The smallest absolute Gasteiger partial charge is 0.122 e. The molecule has 0 amide bonds. The van der Waals surface area contributed by atoms with Gasteiger partial charge in [0.15, 0.2) is 0 Å². The minimum atomic E-state index is -0.223. The molecule has 2 saturated heterocycles. The van der Waals surface area contributed by atoms with E-state index in [1.165, 1.54) is 12.8 Å². The highest BCUT2D eigenvalue weighted by molar-refractivity contribution is 4.93. The Kier molecular flexibility index (Phi) is 6.87. The lowest BCUT2D eigenvalue weighted by Gasteiger charge is -2.37. The van der Waals surface area contributed by atoms with E-state index in [4.69, 9.17) is 0 Å². The van der Waals surface area contributed by atoms with Crippen LogP contribution in [0.2, 0.25) is 0 Å². The number of piperidine rings is 1. The average molecular weight is 350 g/mol. The molecular formula is C19H35N5O. The Hall–Kier alpha value is -0.950. The highest BCUT2D eigenvalue weighted by Crippen LogP contribution is 2.16. The van der Waals surface area contributed by atoms with E-state index < -0.39 is 0 Å². The highest BCUT2D eigenvalue weighted by Gasteiger charge is 2.23. The van der Waals surface area contributed by atoms with Gasteiger partial charge in [-0.1, -0.05) is 6.92 Å². The van der Waals surface area contributed by atoms with E-state index in [9.17, 15) is 5.11 Å². The minimum Gasteiger partial charge on any atom is -0.390 e. The van der Waals surface area contributed by atoms with Gasteiger partial charge in [0.05, 0.1) is 12.6 Å². The minimum absolute atomic E-state index is 0.223. The van der Waals surface area contributed by atoms with Crippen molar-refractivity contribution in [2.24, 2.45) is 5.92 Å². The molecule has 1 atom stereocenters. The largest absolute Gasteiger partial charge is 0.390 e. The van der Waals surface area contributed by atoms with Crippen LogP contribution in [0.1, 0.15) is 32.5 Å². The van der Waals surface area contributed by atoms with E-state index in [0.717, 1.165) is 77.2 Å². The maximum Gasteiger partial charge on any atom is 0.122 e. The number of likely N-dealkylation sites (tertiary alicyclic amines) is 1. The lowest BCUT2D eigenvalue weighted by molar-refractivity contribution is 0.0409. The number of aliphatic hydroxyl groups is 1. The Bertz CT molecular complexity index is 504. The summed E-state index contributed by atoms with van der Waals surface area (Å²) in [5.74, 6) is 2.01. The zero-order valence-corrected chi connectivity index (χ0v) is 16.0. The van der Waals surface area contributed by atoms with Crippen LogP contribution in [-0.2, 0) is 13.1 Å². The van der Waals surface area contributed by atoms with Crippen molar-refractivity contribution < 1.29 is 5.11 Å². The van der Waals surface area contributed by atoms with Crippen LogP contribution in [0.25, 0.3) is 0 Å². The molecule has 0 aliphatic carbocycles. The zero-order valence-electron chi connectivity index (χ0n) is 16.0. The van der Waals surface area contributed by atoms with Crippen LogP contribution in [0, 0.1) is 5.92 Å². The molecule has 142 valence electrons. The van der Waals surface area contributed by atoms with Gasteiger partial charge in [0.25, 0.3) is 0 Å². The van der Waals surface area contributed by atoms with E-state index in [-0.39, 0.29) is 6.10 Å². The molecule has 2 aliphatic rings. The molecule has 2 fully saturated rings. The lowest BCUT2D eigenvalue weighted by atomic mass is 9.99. The molecule has 0 spiro atoms.